The van der Waals surface area contributed by atoms with Crippen LogP contribution in [-0.4, -0.2) is 11.1 Å². The molecule has 1 heterocycles. The Balaban J connectivity index is 1.34. The first-order chi connectivity index (χ1) is 14.6. The van der Waals surface area contributed by atoms with Crippen molar-refractivity contribution in [1.29, 1.82) is 0 Å². The molecule has 1 aromatic heterocycles. The van der Waals surface area contributed by atoms with E-state index in [4.69, 9.17) is 9.26 Å². The summed E-state index contributed by atoms with van der Waals surface area (Å²) in [5.74, 6) is 1.83. The zero-order valence-corrected chi connectivity index (χ0v) is 16.9. The lowest BCUT2D eigenvalue weighted by molar-refractivity contribution is 0.0942. The van der Waals surface area contributed by atoms with Gasteiger partial charge < -0.3 is 14.6 Å². The topological polar surface area (TPSA) is 64.4 Å². The van der Waals surface area contributed by atoms with Crippen molar-refractivity contribution in [3.63, 3.8) is 0 Å². The van der Waals surface area contributed by atoms with E-state index in [1.54, 1.807) is 6.07 Å². The van der Waals surface area contributed by atoms with Crippen LogP contribution in [0.4, 0.5) is 0 Å². The molecule has 0 aliphatic rings. The summed E-state index contributed by atoms with van der Waals surface area (Å²) in [6, 6.07) is 24.8. The first-order valence-corrected chi connectivity index (χ1v) is 9.73. The molecule has 0 saturated heterocycles. The summed E-state index contributed by atoms with van der Waals surface area (Å²) >= 11 is 0. The summed E-state index contributed by atoms with van der Waals surface area (Å²) in [6.07, 6.45) is 0. The number of aromatic nitrogens is 1. The fourth-order valence-corrected chi connectivity index (χ4v) is 2.98. The van der Waals surface area contributed by atoms with Crippen molar-refractivity contribution in [2.45, 2.75) is 20.4 Å². The van der Waals surface area contributed by atoms with Crippen LogP contribution >= 0.6 is 0 Å². The van der Waals surface area contributed by atoms with Crippen molar-refractivity contribution >= 4 is 5.91 Å². The highest BCUT2D eigenvalue weighted by atomic mass is 16.5. The SMILES string of the molecule is Cc1ccc(Oc2ccc(CNC(=O)c3cc(-c4ccccc4)on3)cc2)cc1C. The van der Waals surface area contributed by atoms with Gasteiger partial charge in [-0.25, -0.2) is 0 Å². The molecular weight excluding hydrogens is 376 g/mol. The number of aryl methyl sites for hydroxylation is 2. The summed E-state index contributed by atoms with van der Waals surface area (Å²) in [6.45, 7) is 4.52. The number of carbonyl (C=O) groups is 1. The third-order valence-corrected chi connectivity index (χ3v) is 4.89. The van der Waals surface area contributed by atoms with Gasteiger partial charge in [-0.15, -0.1) is 0 Å². The predicted molar refractivity (Wildman–Crippen MR) is 116 cm³/mol. The fourth-order valence-electron chi connectivity index (χ4n) is 2.98. The normalized spacial score (nSPS) is 10.6. The minimum atomic E-state index is -0.281. The Labute approximate surface area is 175 Å². The third-order valence-electron chi connectivity index (χ3n) is 4.89. The lowest BCUT2D eigenvalue weighted by Crippen LogP contribution is -2.22. The van der Waals surface area contributed by atoms with E-state index >= 15 is 0 Å². The Morgan fingerprint density at radius 3 is 2.37 bits per heavy atom. The lowest BCUT2D eigenvalue weighted by Gasteiger charge is -2.09. The van der Waals surface area contributed by atoms with Crippen LogP contribution in [0.1, 0.15) is 27.2 Å². The Morgan fingerprint density at radius 1 is 0.900 bits per heavy atom. The first-order valence-electron chi connectivity index (χ1n) is 9.73. The van der Waals surface area contributed by atoms with Gasteiger partial charge in [0.2, 0.25) is 0 Å². The van der Waals surface area contributed by atoms with Gasteiger partial charge in [-0.3, -0.25) is 4.79 Å². The Hall–Kier alpha value is -3.86. The summed E-state index contributed by atoms with van der Waals surface area (Å²) in [5.41, 5.74) is 4.51. The Morgan fingerprint density at radius 2 is 1.63 bits per heavy atom. The molecule has 0 aliphatic heterocycles. The molecule has 0 fully saturated rings. The average molecular weight is 398 g/mol. The van der Waals surface area contributed by atoms with E-state index < -0.39 is 0 Å². The molecule has 0 saturated carbocycles. The van der Waals surface area contributed by atoms with Crippen molar-refractivity contribution in [3.05, 3.63) is 101 Å². The highest BCUT2D eigenvalue weighted by Crippen LogP contribution is 2.24. The van der Waals surface area contributed by atoms with Gasteiger partial charge in [0.1, 0.15) is 11.5 Å². The summed E-state index contributed by atoms with van der Waals surface area (Å²) < 4.78 is 11.2. The number of benzene rings is 3. The maximum atomic E-state index is 12.4. The zero-order valence-electron chi connectivity index (χ0n) is 16.9. The van der Waals surface area contributed by atoms with E-state index in [9.17, 15) is 4.79 Å². The van der Waals surface area contributed by atoms with Crippen molar-refractivity contribution in [2.24, 2.45) is 0 Å². The van der Waals surface area contributed by atoms with Crippen LogP contribution in [0.2, 0.25) is 0 Å². The quantitative estimate of drug-likeness (QED) is 0.454. The molecule has 4 rings (SSSR count). The largest absolute Gasteiger partial charge is 0.457 e. The average Bonchev–Trinajstić information content (AvgIpc) is 3.27. The van der Waals surface area contributed by atoms with E-state index in [2.05, 4.69) is 24.3 Å². The molecule has 0 radical (unpaired) electrons. The van der Waals surface area contributed by atoms with Crippen LogP contribution in [0.5, 0.6) is 11.5 Å². The van der Waals surface area contributed by atoms with Gasteiger partial charge in [-0.05, 0) is 54.8 Å². The predicted octanol–water partition coefficient (Wildman–Crippen LogP) is 5.68. The number of nitrogens with zero attached hydrogens (tertiary/aromatic N) is 1. The van der Waals surface area contributed by atoms with Crippen LogP contribution in [-0.2, 0) is 6.54 Å². The highest BCUT2D eigenvalue weighted by Gasteiger charge is 2.13. The van der Waals surface area contributed by atoms with Crippen molar-refractivity contribution in [2.75, 3.05) is 0 Å². The van der Waals surface area contributed by atoms with Crippen molar-refractivity contribution < 1.29 is 14.1 Å². The minimum Gasteiger partial charge on any atom is -0.457 e. The van der Waals surface area contributed by atoms with Gasteiger partial charge in [0.05, 0.1) is 0 Å². The number of hydrogen-bond acceptors (Lipinski definition) is 4. The number of nitrogens with one attached hydrogen (secondary N) is 1. The molecule has 0 spiro atoms. The number of amides is 1. The van der Waals surface area contributed by atoms with Gasteiger partial charge in [0.25, 0.3) is 5.91 Å². The monoisotopic (exact) mass is 398 g/mol. The zero-order chi connectivity index (χ0) is 20.9. The van der Waals surface area contributed by atoms with Crippen LogP contribution in [0.3, 0.4) is 0 Å². The number of ether oxygens (including phenoxy) is 1. The number of hydrogen-bond donors (Lipinski definition) is 1. The van der Waals surface area contributed by atoms with Gasteiger partial charge in [-0.1, -0.05) is 53.7 Å². The minimum absolute atomic E-state index is 0.253. The van der Waals surface area contributed by atoms with Crippen molar-refractivity contribution in [1.82, 2.24) is 10.5 Å². The lowest BCUT2D eigenvalue weighted by atomic mass is 10.1. The highest BCUT2D eigenvalue weighted by molar-refractivity contribution is 5.93. The summed E-state index contributed by atoms with van der Waals surface area (Å²) in [7, 11) is 0. The van der Waals surface area contributed by atoms with E-state index in [1.165, 1.54) is 11.1 Å². The first kappa shape index (κ1) is 19.5. The second-order valence-electron chi connectivity index (χ2n) is 7.12. The molecule has 30 heavy (non-hydrogen) atoms. The van der Waals surface area contributed by atoms with Gasteiger partial charge >= 0.3 is 0 Å². The summed E-state index contributed by atoms with van der Waals surface area (Å²) in [5, 5.41) is 6.73. The smallest absolute Gasteiger partial charge is 0.273 e. The van der Waals surface area contributed by atoms with Crippen LogP contribution in [0, 0.1) is 13.8 Å². The second kappa shape index (κ2) is 8.66. The maximum Gasteiger partial charge on any atom is 0.273 e. The summed E-state index contributed by atoms with van der Waals surface area (Å²) in [4.78, 5) is 12.4. The molecule has 0 unspecified atom stereocenters. The molecule has 3 aromatic carbocycles. The Kier molecular flexibility index (Phi) is 5.61. The van der Waals surface area contributed by atoms with Gasteiger partial charge in [-0.2, -0.15) is 0 Å². The molecule has 0 bridgehead atoms. The maximum absolute atomic E-state index is 12.4. The molecular formula is C25H22N2O3. The third kappa shape index (κ3) is 4.58. The molecule has 1 N–H and O–H groups in total. The fraction of sp³-hybridized carbons (Fsp3) is 0.120. The molecule has 1 amide bonds. The number of rotatable bonds is 6. The molecule has 150 valence electrons. The molecule has 5 nitrogen and oxygen atoms in total. The standard InChI is InChI=1S/C25H22N2O3/c1-17-8-11-22(14-18(17)2)29-21-12-9-19(10-13-21)16-26-25(28)23-15-24(30-27-23)20-6-4-3-5-7-20/h3-15H,16H2,1-2H3,(H,26,28). The van der Waals surface area contributed by atoms with Crippen LogP contribution in [0.15, 0.2) is 83.4 Å². The number of carbonyl (C=O) groups excluding carboxylic acids is 1. The van der Waals surface area contributed by atoms with Gasteiger partial charge in [0.15, 0.2) is 11.5 Å². The molecule has 0 aliphatic carbocycles. The van der Waals surface area contributed by atoms with E-state index in [1.807, 2.05) is 72.8 Å². The van der Waals surface area contributed by atoms with E-state index in [-0.39, 0.29) is 11.6 Å². The Bertz CT molecular complexity index is 1150. The molecule has 5 heteroatoms. The van der Waals surface area contributed by atoms with Gasteiger partial charge in [0, 0.05) is 18.2 Å². The van der Waals surface area contributed by atoms with E-state index in [0.29, 0.717) is 12.3 Å². The second-order valence-corrected chi connectivity index (χ2v) is 7.12. The van der Waals surface area contributed by atoms with Crippen LogP contribution in [0.25, 0.3) is 11.3 Å². The van der Waals surface area contributed by atoms with E-state index in [0.717, 1.165) is 22.6 Å². The van der Waals surface area contributed by atoms with Crippen LogP contribution < -0.4 is 10.1 Å². The van der Waals surface area contributed by atoms with Crippen molar-refractivity contribution in [3.8, 4) is 22.8 Å². The molecule has 4 aromatic rings. The molecule has 0 atom stereocenters.